The summed E-state index contributed by atoms with van der Waals surface area (Å²) in [5.74, 6) is -0.439. The number of thiazole rings is 1. The molecule has 3 aliphatic rings. The number of anilines is 1. The maximum atomic E-state index is 12.9. The van der Waals surface area contributed by atoms with Crippen molar-refractivity contribution in [1.29, 1.82) is 0 Å². The Hall–Kier alpha value is -3.02. The molecule has 12 heteroatoms. The maximum Gasteiger partial charge on any atom is 0.573 e. The Balaban J connectivity index is 1.45. The number of ether oxygens (including phenoxy) is 2. The summed E-state index contributed by atoms with van der Waals surface area (Å²) in [5, 5.41) is 2.36. The number of alkyl halides is 3. The van der Waals surface area contributed by atoms with Gasteiger partial charge in [-0.1, -0.05) is 0 Å². The van der Waals surface area contributed by atoms with Crippen LogP contribution in [0.5, 0.6) is 5.75 Å². The predicted molar refractivity (Wildman–Crippen MR) is 114 cm³/mol. The SMILES string of the molecule is CC(C)(C)OC(=O)N1C2CC1CN(c1nc3c(OC(F)(F)F)ccc(-c4nccs4)c3o1)C2. The minimum atomic E-state index is -4.87. The van der Waals surface area contributed by atoms with E-state index in [9.17, 15) is 18.0 Å². The van der Waals surface area contributed by atoms with Gasteiger partial charge in [0.25, 0.3) is 6.01 Å². The van der Waals surface area contributed by atoms with Crippen molar-refractivity contribution in [2.24, 2.45) is 0 Å². The van der Waals surface area contributed by atoms with E-state index in [1.807, 2.05) is 25.7 Å². The number of carbonyl (C=O) groups excluding carboxylic acids is 1. The molecule has 3 aliphatic heterocycles. The van der Waals surface area contributed by atoms with Gasteiger partial charge >= 0.3 is 12.5 Å². The molecule has 0 N–H and O–H groups in total. The van der Waals surface area contributed by atoms with Crippen molar-refractivity contribution in [2.45, 2.75) is 51.2 Å². The normalized spacial score (nSPS) is 20.7. The first-order valence-electron chi connectivity index (χ1n) is 10.3. The first kappa shape index (κ1) is 21.8. The van der Waals surface area contributed by atoms with Crippen molar-refractivity contribution in [3.63, 3.8) is 0 Å². The molecule has 0 radical (unpaired) electrons. The Morgan fingerprint density at radius 2 is 1.94 bits per heavy atom. The van der Waals surface area contributed by atoms with E-state index in [1.54, 1.807) is 16.5 Å². The smallest absolute Gasteiger partial charge is 0.444 e. The molecule has 1 aromatic carbocycles. The summed E-state index contributed by atoms with van der Waals surface area (Å²) in [6.07, 6.45) is -2.81. The molecule has 3 saturated heterocycles. The Labute approximate surface area is 190 Å². The summed E-state index contributed by atoms with van der Waals surface area (Å²) in [6, 6.07) is 2.71. The van der Waals surface area contributed by atoms with E-state index in [4.69, 9.17) is 9.15 Å². The third kappa shape index (κ3) is 4.19. The van der Waals surface area contributed by atoms with Gasteiger partial charge in [0, 0.05) is 24.7 Å². The van der Waals surface area contributed by atoms with E-state index in [0.717, 1.165) is 6.42 Å². The average Bonchev–Trinajstić information content (AvgIpc) is 3.36. The first-order valence-corrected chi connectivity index (χ1v) is 11.2. The number of carbonyl (C=O) groups is 1. The number of oxazole rings is 1. The lowest BCUT2D eigenvalue weighted by Gasteiger charge is -2.55. The fourth-order valence-electron chi connectivity index (χ4n) is 4.22. The molecule has 33 heavy (non-hydrogen) atoms. The van der Waals surface area contributed by atoms with Gasteiger partial charge < -0.3 is 18.8 Å². The third-order valence-corrected chi connectivity index (χ3v) is 6.26. The van der Waals surface area contributed by atoms with Crippen LogP contribution >= 0.6 is 11.3 Å². The van der Waals surface area contributed by atoms with Crippen molar-refractivity contribution >= 4 is 34.5 Å². The highest BCUT2D eigenvalue weighted by Gasteiger charge is 2.49. The number of hydrogen-bond donors (Lipinski definition) is 0. The Morgan fingerprint density at radius 3 is 2.55 bits per heavy atom. The van der Waals surface area contributed by atoms with E-state index < -0.39 is 17.7 Å². The Kier molecular flexibility index (Phi) is 4.96. The van der Waals surface area contributed by atoms with Crippen LogP contribution in [0.4, 0.5) is 24.0 Å². The standard InChI is InChI=1S/C21H21F3N4O4S/c1-20(2,3)32-19(29)28-11-8-12(28)10-27(9-11)18-26-15-14(31-21(22,23)24)5-4-13(16(15)30-18)17-25-6-7-33-17/h4-7,11-12H,8-10H2,1-3H3. The van der Waals surface area contributed by atoms with Gasteiger partial charge in [0.1, 0.15) is 10.6 Å². The lowest BCUT2D eigenvalue weighted by molar-refractivity contribution is -0.274. The molecule has 1 amide bonds. The second kappa shape index (κ2) is 7.51. The molecule has 2 bridgehead atoms. The highest BCUT2D eigenvalue weighted by Crippen LogP contribution is 2.41. The number of amides is 1. The minimum absolute atomic E-state index is 0.0294. The number of rotatable bonds is 3. The van der Waals surface area contributed by atoms with E-state index in [0.29, 0.717) is 23.7 Å². The highest BCUT2D eigenvalue weighted by atomic mass is 32.1. The van der Waals surface area contributed by atoms with Gasteiger partial charge in [-0.3, -0.25) is 4.90 Å². The van der Waals surface area contributed by atoms with Crippen molar-refractivity contribution in [1.82, 2.24) is 14.9 Å². The summed E-state index contributed by atoms with van der Waals surface area (Å²) in [4.78, 5) is 24.6. The lowest BCUT2D eigenvalue weighted by Crippen LogP contribution is -2.70. The summed E-state index contributed by atoms with van der Waals surface area (Å²) in [5.41, 5.74) is 0.0799. The summed E-state index contributed by atoms with van der Waals surface area (Å²) >= 11 is 1.34. The van der Waals surface area contributed by atoms with Crippen LogP contribution in [0.1, 0.15) is 27.2 Å². The number of aromatic nitrogens is 2. The third-order valence-electron chi connectivity index (χ3n) is 5.45. The summed E-state index contributed by atoms with van der Waals surface area (Å²) in [6.45, 7) is 6.30. The van der Waals surface area contributed by atoms with Crippen molar-refractivity contribution in [3.05, 3.63) is 23.7 Å². The van der Waals surface area contributed by atoms with Crippen LogP contribution in [0.2, 0.25) is 0 Å². The van der Waals surface area contributed by atoms with Crippen molar-refractivity contribution in [2.75, 3.05) is 18.0 Å². The van der Waals surface area contributed by atoms with E-state index in [-0.39, 0.29) is 35.3 Å². The molecule has 6 rings (SSSR count). The quantitative estimate of drug-likeness (QED) is 0.517. The van der Waals surface area contributed by atoms with Crippen molar-refractivity contribution in [3.8, 4) is 16.3 Å². The molecule has 0 aliphatic carbocycles. The second-order valence-corrected chi connectivity index (χ2v) is 9.90. The number of nitrogens with zero attached hydrogens (tertiary/aromatic N) is 4. The van der Waals surface area contributed by atoms with Crippen LogP contribution in [-0.2, 0) is 4.74 Å². The average molecular weight is 482 g/mol. The number of halogens is 3. The minimum Gasteiger partial charge on any atom is -0.444 e. The van der Waals surface area contributed by atoms with Gasteiger partial charge in [0.2, 0.25) is 0 Å². The topological polar surface area (TPSA) is 80.9 Å². The predicted octanol–water partition coefficient (Wildman–Crippen LogP) is 5.05. The van der Waals surface area contributed by atoms with Crippen LogP contribution in [-0.4, -0.2) is 58.1 Å². The molecule has 3 aromatic rings. The number of fused-ring (bicyclic) bond motifs is 3. The molecule has 2 aromatic heterocycles. The largest absolute Gasteiger partial charge is 0.573 e. The number of piperazine rings is 1. The maximum absolute atomic E-state index is 12.9. The number of piperidine rings is 1. The molecule has 0 saturated carbocycles. The van der Waals surface area contributed by atoms with Gasteiger partial charge in [-0.2, -0.15) is 4.98 Å². The summed E-state index contributed by atoms with van der Waals surface area (Å²) in [7, 11) is 0. The molecule has 3 fully saturated rings. The fourth-order valence-corrected chi connectivity index (χ4v) is 4.88. The van der Waals surface area contributed by atoms with Gasteiger partial charge in [-0.15, -0.1) is 24.5 Å². The molecule has 8 nitrogen and oxygen atoms in total. The Bertz CT molecular complexity index is 1180. The van der Waals surface area contributed by atoms with Gasteiger partial charge in [-0.25, -0.2) is 9.78 Å². The van der Waals surface area contributed by atoms with E-state index in [1.165, 1.54) is 23.5 Å². The zero-order chi connectivity index (χ0) is 23.5. The zero-order valence-electron chi connectivity index (χ0n) is 18.0. The van der Waals surface area contributed by atoms with Gasteiger partial charge in [0.15, 0.2) is 16.8 Å². The zero-order valence-corrected chi connectivity index (χ0v) is 18.9. The molecule has 2 unspecified atom stereocenters. The van der Waals surface area contributed by atoms with Crippen molar-refractivity contribution < 1.29 is 31.9 Å². The van der Waals surface area contributed by atoms with E-state index >= 15 is 0 Å². The number of benzene rings is 1. The van der Waals surface area contributed by atoms with E-state index in [2.05, 4.69) is 14.7 Å². The van der Waals surface area contributed by atoms with Crippen LogP contribution in [0.25, 0.3) is 21.7 Å². The highest BCUT2D eigenvalue weighted by molar-refractivity contribution is 7.13. The Morgan fingerprint density at radius 1 is 1.21 bits per heavy atom. The monoisotopic (exact) mass is 482 g/mol. The van der Waals surface area contributed by atoms with Crippen LogP contribution in [0.3, 0.4) is 0 Å². The first-order chi connectivity index (χ1) is 15.5. The second-order valence-electron chi connectivity index (χ2n) is 9.01. The van der Waals surface area contributed by atoms with Gasteiger partial charge in [0.05, 0.1) is 17.6 Å². The van der Waals surface area contributed by atoms with Crippen LogP contribution < -0.4 is 9.64 Å². The summed E-state index contributed by atoms with van der Waals surface area (Å²) < 4.78 is 54.5. The van der Waals surface area contributed by atoms with Gasteiger partial charge in [-0.05, 0) is 39.3 Å². The van der Waals surface area contributed by atoms with Crippen LogP contribution in [0.15, 0.2) is 28.1 Å². The lowest BCUT2D eigenvalue weighted by atomic mass is 9.88. The fraction of sp³-hybridized carbons (Fsp3) is 0.476. The molecule has 5 heterocycles. The molecule has 2 atom stereocenters. The molecule has 0 spiro atoms. The molecular formula is C21H21F3N4O4S. The molecule has 176 valence electrons. The number of hydrogen-bond acceptors (Lipinski definition) is 8. The van der Waals surface area contributed by atoms with Crippen LogP contribution in [0, 0.1) is 0 Å². The molecular weight excluding hydrogens is 461 g/mol.